The number of aromatic nitrogens is 2. The molecule has 2 heterocycles. The Labute approximate surface area is 175 Å². The van der Waals surface area contributed by atoms with Crippen molar-refractivity contribution in [1.82, 2.24) is 14.9 Å². The van der Waals surface area contributed by atoms with Gasteiger partial charge >= 0.3 is 5.97 Å². The van der Waals surface area contributed by atoms with Gasteiger partial charge in [-0.1, -0.05) is 35.9 Å². The minimum atomic E-state index is -0.740. The number of carbonyl (C=O) groups is 2. The van der Waals surface area contributed by atoms with Gasteiger partial charge < -0.3 is 14.5 Å². The van der Waals surface area contributed by atoms with Crippen LogP contribution in [0.2, 0.25) is 5.02 Å². The van der Waals surface area contributed by atoms with Crippen molar-refractivity contribution in [2.75, 3.05) is 6.61 Å². The standard InChI is InChI=1S/C21H16ClN3O5/c22-14-7-5-13(6-8-14)9-23-17(26)11-29-18(27)10-25-12-24-19-15-3-1-2-4-16(15)30-20(19)21(25)28/h1-8,12H,9-11H2,(H,23,26). The number of carbonyl (C=O) groups excluding carboxylic acids is 2. The fourth-order valence-electron chi connectivity index (χ4n) is 2.91. The molecule has 4 aromatic rings. The molecule has 9 heteroatoms. The summed E-state index contributed by atoms with van der Waals surface area (Å²) in [5, 5.41) is 3.95. The average molecular weight is 426 g/mol. The molecule has 1 amide bonds. The fourth-order valence-corrected chi connectivity index (χ4v) is 3.04. The third-order valence-electron chi connectivity index (χ3n) is 4.42. The molecule has 0 aliphatic heterocycles. The van der Waals surface area contributed by atoms with Crippen molar-refractivity contribution in [3.05, 3.63) is 75.8 Å². The lowest BCUT2D eigenvalue weighted by atomic mass is 10.2. The van der Waals surface area contributed by atoms with Crippen LogP contribution in [0.3, 0.4) is 0 Å². The first kappa shape index (κ1) is 19.7. The van der Waals surface area contributed by atoms with Crippen LogP contribution in [-0.4, -0.2) is 28.0 Å². The second kappa shape index (κ2) is 8.38. The van der Waals surface area contributed by atoms with Crippen LogP contribution < -0.4 is 10.9 Å². The second-order valence-corrected chi connectivity index (χ2v) is 6.95. The number of esters is 1. The zero-order chi connectivity index (χ0) is 21.1. The van der Waals surface area contributed by atoms with Crippen LogP contribution in [0.15, 0.2) is 64.1 Å². The maximum Gasteiger partial charge on any atom is 0.326 e. The number of amides is 1. The largest absolute Gasteiger partial charge is 0.454 e. The predicted octanol–water partition coefficient (Wildman–Crippen LogP) is 2.66. The number of para-hydroxylation sites is 1. The van der Waals surface area contributed by atoms with Gasteiger partial charge in [0.15, 0.2) is 6.61 Å². The van der Waals surface area contributed by atoms with E-state index < -0.39 is 24.0 Å². The number of fused-ring (bicyclic) bond motifs is 3. The molecule has 8 nitrogen and oxygen atoms in total. The number of nitrogens with zero attached hydrogens (tertiary/aromatic N) is 2. The molecule has 0 fully saturated rings. The minimum absolute atomic E-state index is 0.0622. The molecule has 30 heavy (non-hydrogen) atoms. The molecule has 0 saturated carbocycles. The number of hydrogen-bond donors (Lipinski definition) is 1. The third kappa shape index (κ3) is 4.18. The Bertz CT molecular complexity index is 1290. The lowest BCUT2D eigenvalue weighted by Crippen LogP contribution is -2.30. The molecule has 0 bridgehead atoms. The van der Waals surface area contributed by atoms with Gasteiger partial charge in [-0.15, -0.1) is 0 Å². The van der Waals surface area contributed by atoms with Crippen LogP contribution >= 0.6 is 11.6 Å². The molecular formula is C21H16ClN3O5. The Hall–Kier alpha value is -3.65. The van der Waals surface area contributed by atoms with E-state index in [-0.39, 0.29) is 18.7 Å². The van der Waals surface area contributed by atoms with Gasteiger partial charge in [-0.2, -0.15) is 0 Å². The highest BCUT2D eigenvalue weighted by Gasteiger charge is 2.15. The van der Waals surface area contributed by atoms with Crippen molar-refractivity contribution < 1.29 is 18.7 Å². The molecule has 152 valence electrons. The van der Waals surface area contributed by atoms with Gasteiger partial charge in [-0.05, 0) is 29.8 Å². The Morgan fingerprint density at radius 3 is 2.70 bits per heavy atom. The van der Waals surface area contributed by atoms with E-state index in [1.54, 1.807) is 42.5 Å². The maximum atomic E-state index is 12.6. The van der Waals surface area contributed by atoms with Gasteiger partial charge in [0.05, 0.1) is 6.33 Å². The monoisotopic (exact) mass is 425 g/mol. The minimum Gasteiger partial charge on any atom is -0.454 e. The predicted molar refractivity (Wildman–Crippen MR) is 110 cm³/mol. The molecule has 0 saturated heterocycles. The van der Waals surface area contributed by atoms with Crippen molar-refractivity contribution in [2.24, 2.45) is 0 Å². The summed E-state index contributed by atoms with van der Waals surface area (Å²) < 4.78 is 11.6. The van der Waals surface area contributed by atoms with E-state index in [1.165, 1.54) is 6.33 Å². The first-order chi connectivity index (χ1) is 14.5. The van der Waals surface area contributed by atoms with Gasteiger partial charge in [-0.3, -0.25) is 19.0 Å². The molecular weight excluding hydrogens is 410 g/mol. The fraction of sp³-hybridized carbons (Fsp3) is 0.143. The maximum absolute atomic E-state index is 12.6. The highest BCUT2D eigenvalue weighted by molar-refractivity contribution is 6.30. The molecule has 0 unspecified atom stereocenters. The van der Waals surface area contributed by atoms with Crippen LogP contribution in [0, 0.1) is 0 Å². The zero-order valence-electron chi connectivity index (χ0n) is 15.6. The van der Waals surface area contributed by atoms with E-state index in [1.807, 2.05) is 6.07 Å². The van der Waals surface area contributed by atoms with E-state index >= 15 is 0 Å². The normalized spacial score (nSPS) is 11.0. The van der Waals surface area contributed by atoms with Crippen molar-refractivity contribution in [2.45, 2.75) is 13.1 Å². The van der Waals surface area contributed by atoms with E-state index in [9.17, 15) is 14.4 Å². The van der Waals surface area contributed by atoms with E-state index in [0.29, 0.717) is 16.1 Å². The van der Waals surface area contributed by atoms with Crippen LogP contribution in [0.25, 0.3) is 22.1 Å². The van der Waals surface area contributed by atoms with E-state index in [2.05, 4.69) is 10.3 Å². The summed E-state index contributed by atoms with van der Waals surface area (Å²) >= 11 is 5.81. The lowest BCUT2D eigenvalue weighted by Gasteiger charge is -2.08. The van der Waals surface area contributed by atoms with Crippen molar-refractivity contribution in [3.8, 4) is 0 Å². The van der Waals surface area contributed by atoms with Crippen molar-refractivity contribution in [1.29, 1.82) is 0 Å². The molecule has 0 radical (unpaired) electrons. The summed E-state index contributed by atoms with van der Waals surface area (Å²) in [5.41, 5.74) is 1.39. The van der Waals surface area contributed by atoms with Crippen LogP contribution in [0.1, 0.15) is 5.56 Å². The Morgan fingerprint density at radius 2 is 1.90 bits per heavy atom. The average Bonchev–Trinajstić information content (AvgIpc) is 3.13. The highest BCUT2D eigenvalue weighted by atomic mass is 35.5. The lowest BCUT2D eigenvalue weighted by molar-refractivity contribution is -0.149. The molecule has 4 rings (SSSR count). The number of halogens is 1. The summed E-state index contributed by atoms with van der Waals surface area (Å²) in [5.74, 6) is -1.20. The Morgan fingerprint density at radius 1 is 1.13 bits per heavy atom. The van der Waals surface area contributed by atoms with Crippen molar-refractivity contribution in [3.63, 3.8) is 0 Å². The summed E-state index contributed by atoms with van der Waals surface area (Å²) in [6.07, 6.45) is 1.26. The molecule has 0 spiro atoms. The molecule has 0 aliphatic rings. The van der Waals surface area contributed by atoms with Crippen LogP contribution in [0.4, 0.5) is 0 Å². The zero-order valence-corrected chi connectivity index (χ0v) is 16.4. The number of hydrogen-bond acceptors (Lipinski definition) is 6. The topological polar surface area (TPSA) is 103 Å². The van der Waals surface area contributed by atoms with Crippen molar-refractivity contribution >= 4 is 45.5 Å². The summed E-state index contributed by atoms with van der Waals surface area (Å²) in [4.78, 5) is 40.7. The number of nitrogens with one attached hydrogen (secondary N) is 1. The summed E-state index contributed by atoms with van der Waals surface area (Å²) in [6, 6.07) is 14.1. The Kier molecular flexibility index (Phi) is 5.49. The van der Waals surface area contributed by atoms with Gasteiger partial charge in [0.1, 0.15) is 17.6 Å². The molecule has 0 aliphatic carbocycles. The van der Waals surface area contributed by atoms with Crippen LogP contribution in [0.5, 0.6) is 0 Å². The summed E-state index contributed by atoms with van der Waals surface area (Å²) in [7, 11) is 0. The highest BCUT2D eigenvalue weighted by Crippen LogP contribution is 2.23. The molecule has 0 atom stereocenters. The van der Waals surface area contributed by atoms with E-state index in [4.69, 9.17) is 20.8 Å². The quantitative estimate of drug-likeness (QED) is 0.476. The van der Waals surface area contributed by atoms with Gasteiger partial charge in [0.25, 0.3) is 11.5 Å². The second-order valence-electron chi connectivity index (χ2n) is 6.52. The van der Waals surface area contributed by atoms with E-state index in [0.717, 1.165) is 15.5 Å². The number of rotatable bonds is 6. The summed E-state index contributed by atoms with van der Waals surface area (Å²) in [6.45, 7) is -0.565. The van der Waals surface area contributed by atoms with Gasteiger partial charge in [0, 0.05) is 17.0 Å². The number of furan rings is 1. The van der Waals surface area contributed by atoms with Gasteiger partial charge in [-0.25, -0.2) is 4.98 Å². The first-order valence-corrected chi connectivity index (χ1v) is 9.42. The first-order valence-electron chi connectivity index (χ1n) is 9.05. The SMILES string of the molecule is O=C(COC(=O)Cn1cnc2c(oc3ccccc32)c1=O)NCc1ccc(Cl)cc1. The molecule has 1 N–H and O–H groups in total. The van der Waals surface area contributed by atoms with Crippen LogP contribution in [-0.2, 0) is 27.4 Å². The molecule has 2 aromatic carbocycles. The number of benzene rings is 2. The molecule has 2 aromatic heterocycles. The number of ether oxygens (including phenoxy) is 1. The smallest absolute Gasteiger partial charge is 0.326 e. The third-order valence-corrected chi connectivity index (χ3v) is 4.67. The van der Waals surface area contributed by atoms with Gasteiger partial charge in [0.2, 0.25) is 5.58 Å². The Balaban J connectivity index is 1.35.